The number of nitrogens with zero attached hydrogens (tertiary/aromatic N) is 1. The zero-order valence-corrected chi connectivity index (χ0v) is 23.2. The van der Waals surface area contributed by atoms with Gasteiger partial charge >= 0.3 is 0 Å². The topological polar surface area (TPSA) is 93.5 Å². The van der Waals surface area contributed by atoms with E-state index >= 15 is 4.39 Å². The van der Waals surface area contributed by atoms with Crippen molar-refractivity contribution < 1.29 is 27.5 Å². The van der Waals surface area contributed by atoms with Gasteiger partial charge in [-0.05, 0) is 85.1 Å². The van der Waals surface area contributed by atoms with Crippen LogP contribution in [0.4, 0.5) is 8.78 Å². The molecule has 1 fully saturated rings. The first-order chi connectivity index (χ1) is 20.2. The predicted molar refractivity (Wildman–Crippen MR) is 154 cm³/mol. The van der Waals surface area contributed by atoms with Crippen LogP contribution in [0.15, 0.2) is 77.3 Å². The average Bonchev–Trinajstić information content (AvgIpc) is 3.36. The number of amides is 2. The number of halogens is 2. The minimum Gasteiger partial charge on any atom is -0.455 e. The summed E-state index contributed by atoms with van der Waals surface area (Å²) in [5.74, 6) is -1.87. The lowest BCUT2D eigenvalue weighted by atomic mass is 9.90. The molecule has 0 bridgehead atoms. The van der Waals surface area contributed by atoms with Gasteiger partial charge in [-0.25, -0.2) is 8.78 Å². The van der Waals surface area contributed by atoms with Crippen LogP contribution in [-0.2, 0) is 10.3 Å². The molecule has 0 unspecified atom stereocenters. The standard InChI is InChI=1S/C33H27F2N3O4/c1-18-14-19(2)24(31(39)38-33(16-41-17-33)26-6-4-5-13-37-26)15-23(18)22-11-12-25-27(29(22)35)28(32(40)36-3)30(42-25)20-7-9-21(34)10-8-20/h4-15H,16-17H2,1-3H3,(H,36,40)(H,38,39). The summed E-state index contributed by atoms with van der Waals surface area (Å²) in [6, 6.07) is 17.6. The van der Waals surface area contributed by atoms with E-state index in [1.165, 1.54) is 31.3 Å². The zero-order valence-electron chi connectivity index (χ0n) is 23.2. The molecule has 0 radical (unpaired) electrons. The van der Waals surface area contributed by atoms with Gasteiger partial charge in [-0.15, -0.1) is 0 Å². The lowest BCUT2D eigenvalue weighted by molar-refractivity contribution is -0.0755. The third-order valence-electron chi connectivity index (χ3n) is 7.66. The van der Waals surface area contributed by atoms with Crippen LogP contribution in [-0.4, -0.2) is 37.1 Å². The smallest absolute Gasteiger partial charge is 0.255 e. The van der Waals surface area contributed by atoms with Gasteiger partial charge in [0.05, 0.1) is 29.9 Å². The minimum atomic E-state index is -0.754. The van der Waals surface area contributed by atoms with Gasteiger partial charge < -0.3 is 19.8 Å². The molecule has 1 aliphatic heterocycles. The number of furan rings is 1. The summed E-state index contributed by atoms with van der Waals surface area (Å²) >= 11 is 0. The molecule has 5 aromatic rings. The van der Waals surface area contributed by atoms with E-state index in [2.05, 4.69) is 15.6 Å². The molecule has 2 N–H and O–H groups in total. The van der Waals surface area contributed by atoms with Gasteiger partial charge in [-0.1, -0.05) is 12.1 Å². The highest BCUT2D eigenvalue weighted by atomic mass is 19.1. The van der Waals surface area contributed by atoms with Crippen LogP contribution >= 0.6 is 0 Å². The first-order valence-electron chi connectivity index (χ1n) is 13.4. The molecule has 6 rings (SSSR count). The van der Waals surface area contributed by atoms with Crippen LogP contribution in [0.5, 0.6) is 0 Å². The van der Waals surface area contributed by atoms with E-state index in [1.54, 1.807) is 30.5 Å². The third kappa shape index (κ3) is 4.52. The van der Waals surface area contributed by atoms with Crippen molar-refractivity contribution in [2.45, 2.75) is 19.4 Å². The highest BCUT2D eigenvalue weighted by Crippen LogP contribution is 2.40. The number of benzene rings is 3. The molecule has 212 valence electrons. The molecular weight excluding hydrogens is 540 g/mol. The SMILES string of the molecule is CNC(=O)c1c(-c2ccc(F)cc2)oc2ccc(-c3cc(C(=O)NC4(c5ccccn5)COC4)c(C)cc3C)c(F)c12. The van der Waals surface area contributed by atoms with Crippen molar-refractivity contribution >= 4 is 22.8 Å². The van der Waals surface area contributed by atoms with Gasteiger partial charge in [0.1, 0.15) is 28.5 Å². The third-order valence-corrected chi connectivity index (χ3v) is 7.66. The van der Waals surface area contributed by atoms with E-state index in [-0.39, 0.29) is 47.0 Å². The molecule has 2 amide bonds. The number of nitrogens with one attached hydrogen (secondary N) is 2. The Balaban J connectivity index is 1.45. The summed E-state index contributed by atoms with van der Waals surface area (Å²) in [6.07, 6.45) is 1.67. The van der Waals surface area contributed by atoms with E-state index in [1.807, 2.05) is 32.0 Å². The van der Waals surface area contributed by atoms with Crippen molar-refractivity contribution in [3.05, 3.63) is 113 Å². The van der Waals surface area contributed by atoms with Crippen LogP contribution in [0.25, 0.3) is 33.4 Å². The van der Waals surface area contributed by atoms with Crippen LogP contribution < -0.4 is 10.6 Å². The van der Waals surface area contributed by atoms with E-state index in [0.717, 1.165) is 11.1 Å². The number of carbonyl (C=O) groups excluding carboxylic acids is 2. The zero-order chi connectivity index (χ0) is 29.6. The monoisotopic (exact) mass is 567 g/mol. The fourth-order valence-electron chi connectivity index (χ4n) is 5.41. The number of fused-ring (bicyclic) bond motifs is 1. The second-order valence-electron chi connectivity index (χ2n) is 10.4. The Morgan fingerprint density at radius 1 is 0.905 bits per heavy atom. The van der Waals surface area contributed by atoms with Crippen LogP contribution in [0.1, 0.15) is 37.5 Å². The predicted octanol–water partition coefficient (Wildman–Crippen LogP) is 6.07. The molecule has 1 saturated heterocycles. The summed E-state index contributed by atoms with van der Waals surface area (Å²) in [7, 11) is 1.44. The Morgan fingerprint density at radius 3 is 2.31 bits per heavy atom. The minimum absolute atomic E-state index is 0.00197. The lowest BCUT2D eigenvalue weighted by Gasteiger charge is -2.41. The van der Waals surface area contributed by atoms with E-state index in [9.17, 15) is 14.0 Å². The van der Waals surface area contributed by atoms with Crippen molar-refractivity contribution in [3.63, 3.8) is 0 Å². The molecule has 3 aromatic carbocycles. The van der Waals surface area contributed by atoms with Crippen LogP contribution in [0, 0.1) is 25.5 Å². The Morgan fingerprint density at radius 2 is 1.67 bits per heavy atom. The Bertz CT molecular complexity index is 1850. The maximum atomic E-state index is 16.4. The quantitative estimate of drug-likeness (QED) is 0.260. The fourth-order valence-corrected chi connectivity index (χ4v) is 5.41. The lowest BCUT2D eigenvalue weighted by Crippen LogP contribution is -2.59. The molecule has 9 heteroatoms. The number of hydrogen-bond donors (Lipinski definition) is 2. The van der Waals surface area contributed by atoms with Crippen molar-refractivity contribution in [3.8, 4) is 22.5 Å². The Kier molecular flexibility index (Phi) is 6.82. The maximum absolute atomic E-state index is 16.4. The number of pyridine rings is 1. The maximum Gasteiger partial charge on any atom is 0.255 e. The first kappa shape index (κ1) is 27.3. The summed E-state index contributed by atoms with van der Waals surface area (Å²) in [5, 5.41) is 5.63. The highest BCUT2D eigenvalue weighted by Gasteiger charge is 2.43. The molecule has 0 spiro atoms. The van der Waals surface area contributed by atoms with Gasteiger partial charge in [0.25, 0.3) is 11.8 Å². The fraction of sp³-hybridized carbons (Fsp3) is 0.182. The van der Waals surface area contributed by atoms with Crippen molar-refractivity contribution in [2.75, 3.05) is 20.3 Å². The van der Waals surface area contributed by atoms with Gasteiger partial charge in [-0.3, -0.25) is 14.6 Å². The number of hydrogen-bond acceptors (Lipinski definition) is 5. The highest BCUT2D eigenvalue weighted by molar-refractivity contribution is 6.12. The largest absolute Gasteiger partial charge is 0.455 e. The molecule has 1 aliphatic rings. The van der Waals surface area contributed by atoms with Crippen LogP contribution in [0.2, 0.25) is 0 Å². The van der Waals surface area contributed by atoms with Crippen molar-refractivity contribution in [1.29, 1.82) is 0 Å². The number of aromatic nitrogens is 1. The second-order valence-corrected chi connectivity index (χ2v) is 10.4. The van der Waals surface area contributed by atoms with Gasteiger partial charge in [0.2, 0.25) is 0 Å². The second kappa shape index (κ2) is 10.5. The molecule has 0 atom stereocenters. The van der Waals surface area contributed by atoms with Gasteiger partial charge in [-0.2, -0.15) is 0 Å². The summed E-state index contributed by atoms with van der Waals surface area (Å²) in [5.41, 5.74) is 3.09. The number of carbonyl (C=O) groups is 2. The molecular formula is C33H27F2N3O4. The summed E-state index contributed by atoms with van der Waals surface area (Å²) < 4.78 is 41.4. The van der Waals surface area contributed by atoms with E-state index in [4.69, 9.17) is 9.15 Å². The van der Waals surface area contributed by atoms with Crippen molar-refractivity contribution in [2.24, 2.45) is 0 Å². The number of aryl methyl sites for hydroxylation is 2. The first-order valence-corrected chi connectivity index (χ1v) is 13.4. The molecule has 0 aliphatic carbocycles. The van der Waals surface area contributed by atoms with Gasteiger partial charge in [0.15, 0.2) is 0 Å². The van der Waals surface area contributed by atoms with Crippen molar-refractivity contribution in [1.82, 2.24) is 15.6 Å². The molecule has 0 saturated carbocycles. The number of ether oxygens (including phenoxy) is 1. The van der Waals surface area contributed by atoms with Crippen LogP contribution in [0.3, 0.4) is 0 Å². The molecule has 7 nitrogen and oxygen atoms in total. The van der Waals surface area contributed by atoms with Gasteiger partial charge in [0, 0.05) is 29.9 Å². The summed E-state index contributed by atoms with van der Waals surface area (Å²) in [4.78, 5) is 31.0. The normalized spacial score (nSPS) is 13.9. The van der Waals surface area contributed by atoms with E-state index < -0.39 is 23.1 Å². The van der Waals surface area contributed by atoms with E-state index in [0.29, 0.717) is 22.4 Å². The number of rotatable bonds is 6. The average molecular weight is 568 g/mol. The summed E-state index contributed by atoms with van der Waals surface area (Å²) in [6.45, 7) is 4.24. The molecule has 2 aromatic heterocycles. The molecule has 42 heavy (non-hydrogen) atoms. The molecule has 3 heterocycles. The Hall–Kier alpha value is -4.89. The Labute approximate surface area is 240 Å².